The van der Waals surface area contributed by atoms with Gasteiger partial charge in [-0.15, -0.1) is 0 Å². The second kappa shape index (κ2) is 7.20. The van der Waals surface area contributed by atoms with Crippen LogP contribution in [0.3, 0.4) is 0 Å². The van der Waals surface area contributed by atoms with E-state index in [1.165, 1.54) is 0 Å². The molecule has 5 heteroatoms. The number of aryl methyl sites for hydroxylation is 2. The summed E-state index contributed by atoms with van der Waals surface area (Å²) in [6.07, 6.45) is 0. The Morgan fingerprint density at radius 2 is 1.69 bits per heavy atom. The van der Waals surface area contributed by atoms with E-state index in [0.717, 1.165) is 22.3 Å². The molecule has 0 N–H and O–H groups in total. The van der Waals surface area contributed by atoms with Crippen LogP contribution in [-0.4, -0.2) is 25.0 Å². The molecule has 0 unspecified atom stereocenters. The fourth-order valence-corrected chi connectivity index (χ4v) is 3.38. The molecule has 2 aromatic carbocycles. The average Bonchev–Trinajstić information content (AvgIpc) is 2.60. The number of hydrogen-bond acceptors (Lipinski definition) is 5. The van der Waals surface area contributed by atoms with E-state index < -0.39 is 5.97 Å². The molecule has 136 valence electrons. The maximum atomic E-state index is 12.4. The minimum atomic E-state index is -0.439. The topological polar surface area (TPSA) is 61.8 Å². The first kappa shape index (κ1) is 18.0. The van der Waals surface area contributed by atoms with Gasteiger partial charge in [0, 0.05) is 5.56 Å². The number of benzene rings is 2. The molecule has 26 heavy (non-hydrogen) atoms. The lowest BCUT2D eigenvalue weighted by Crippen LogP contribution is -2.16. The average molecular weight is 354 g/mol. The SMILES string of the molecule is CC(=O)c1c(C)cc(C)c(COC(=O)c2ccc3c(c2)OCCO3)c1C. The quantitative estimate of drug-likeness (QED) is 0.615. The Morgan fingerprint density at radius 1 is 1.00 bits per heavy atom. The molecule has 0 aliphatic carbocycles. The van der Waals surface area contributed by atoms with Gasteiger partial charge < -0.3 is 14.2 Å². The van der Waals surface area contributed by atoms with Crippen LogP contribution in [0.25, 0.3) is 0 Å². The van der Waals surface area contributed by atoms with Gasteiger partial charge in [-0.25, -0.2) is 4.79 Å². The van der Waals surface area contributed by atoms with E-state index >= 15 is 0 Å². The lowest BCUT2D eigenvalue weighted by molar-refractivity contribution is 0.0470. The van der Waals surface area contributed by atoms with Crippen LogP contribution < -0.4 is 9.47 Å². The zero-order valence-electron chi connectivity index (χ0n) is 15.5. The molecule has 1 heterocycles. The Morgan fingerprint density at radius 3 is 2.38 bits per heavy atom. The van der Waals surface area contributed by atoms with Crippen molar-refractivity contribution in [3.05, 3.63) is 57.6 Å². The van der Waals surface area contributed by atoms with Gasteiger partial charge in [0.05, 0.1) is 5.56 Å². The number of rotatable bonds is 4. The molecular weight excluding hydrogens is 332 g/mol. The first-order valence-electron chi connectivity index (χ1n) is 8.56. The second-order valence-electron chi connectivity index (χ2n) is 6.48. The van der Waals surface area contributed by atoms with E-state index in [2.05, 4.69) is 0 Å². The van der Waals surface area contributed by atoms with E-state index in [0.29, 0.717) is 35.8 Å². The molecule has 3 rings (SSSR count). The molecule has 0 fully saturated rings. The number of esters is 1. The van der Waals surface area contributed by atoms with Crippen molar-refractivity contribution in [3.8, 4) is 11.5 Å². The molecule has 0 bridgehead atoms. The van der Waals surface area contributed by atoms with E-state index in [4.69, 9.17) is 14.2 Å². The fourth-order valence-electron chi connectivity index (χ4n) is 3.38. The molecule has 0 spiro atoms. The highest BCUT2D eigenvalue weighted by molar-refractivity contribution is 5.97. The second-order valence-corrected chi connectivity index (χ2v) is 6.48. The number of ether oxygens (including phenoxy) is 3. The van der Waals surface area contributed by atoms with E-state index in [1.807, 2.05) is 26.8 Å². The molecule has 0 aromatic heterocycles. The first-order chi connectivity index (χ1) is 12.4. The lowest BCUT2D eigenvalue weighted by Gasteiger charge is -2.19. The van der Waals surface area contributed by atoms with Gasteiger partial charge >= 0.3 is 5.97 Å². The van der Waals surface area contributed by atoms with Crippen molar-refractivity contribution in [1.29, 1.82) is 0 Å². The molecule has 0 atom stereocenters. The van der Waals surface area contributed by atoms with Crippen molar-refractivity contribution in [2.75, 3.05) is 13.2 Å². The summed E-state index contributed by atoms with van der Waals surface area (Å²) >= 11 is 0. The molecule has 5 nitrogen and oxygen atoms in total. The van der Waals surface area contributed by atoms with E-state index in [1.54, 1.807) is 25.1 Å². The van der Waals surface area contributed by atoms with Gasteiger partial charge in [-0.05, 0) is 68.1 Å². The van der Waals surface area contributed by atoms with Crippen LogP contribution in [-0.2, 0) is 11.3 Å². The summed E-state index contributed by atoms with van der Waals surface area (Å²) in [5.74, 6) is 0.751. The Bertz CT molecular complexity index is 882. The summed E-state index contributed by atoms with van der Waals surface area (Å²) in [4.78, 5) is 24.3. The Hall–Kier alpha value is -2.82. The normalized spacial score (nSPS) is 12.6. The van der Waals surface area contributed by atoms with E-state index in [-0.39, 0.29) is 12.4 Å². The molecule has 0 radical (unpaired) electrons. The van der Waals surface area contributed by atoms with E-state index in [9.17, 15) is 9.59 Å². The van der Waals surface area contributed by atoms with Gasteiger partial charge in [0.2, 0.25) is 0 Å². The van der Waals surface area contributed by atoms with Gasteiger partial charge in [0.15, 0.2) is 17.3 Å². The molecule has 0 saturated carbocycles. The summed E-state index contributed by atoms with van der Waals surface area (Å²) in [5.41, 5.74) is 4.77. The number of Topliss-reactive ketones (excluding diaryl/α,β-unsaturated/α-hetero) is 1. The molecule has 1 aliphatic heterocycles. The Labute approximate surface area is 152 Å². The predicted molar refractivity (Wildman–Crippen MR) is 97.2 cm³/mol. The van der Waals surface area contributed by atoms with Gasteiger partial charge in [-0.3, -0.25) is 4.79 Å². The molecule has 1 aliphatic rings. The number of carbonyl (C=O) groups is 2. The zero-order chi connectivity index (χ0) is 18.8. The summed E-state index contributed by atoms with van der Waals surface area (Å²) < 4.78 is 16.5. The van der Waals surface area contributed by atoms with Crippen LogP contribution >= 0.6 is 0 Å². The monoisotopic (exact) mass is 354 g/mol. The number of hydrogen-bond donors (Lipinski definition) is 0. The number of carbonyl (C=O) groups excluding carboxylic acids is 2. The van der Waals surface area contributed by atoms with Crippen molar-refractivity contribution in [2.24, 2.45) is 0 Å². The highest BCUT2D eigenvalue weighted by Gasteiger charge is 2.18. The largest absolute Gasteiger partial charge is 0.486 e. The summed E-state index contributed by atoms with van der Waals surface area (Å²) in [6.45, 7) is 8.40. The van der Waals surface area contributed by atoms with Crippen molar-refractivity contribution >= 4 is 11.8 Å². The smallest absolute Gasteiger partial charge is 0.338 e. The van der Waals surface area contributed by atoms with Gasteiger partial charge in [0.1, 0.15) is 19.8 Å². The van der Waals surface area contributed by atoms with Crippen LogP contribution in [0.2, 0.25) is 0 Å². The fraction of sp³-hybridized carbons (Fsp3) is 0.333. The highest BCUT2D eigenvalue weighted by Crippen LogP contribution is 2.31. The third-order valence-electron chi connectivity index (χ3n) is 4.61. The standard InChI is InChI=1S/C21H22O5/c1-12-9-13(2)20(15(4)22)14(3)17(12)11-26-21(23)16-5-6-18-19(10-16)25-8-7-24-18/h5-6,9-10H,7-8,11H2,1-4H3. The first-order valence-corrected chi connectivity index (χ1v) is 8.56. The minimum absolute atomic E-state index is 0.0133. The van der Waals surface area contributed by atoms with Gasteiger partial charge in [0.25, 0.3) is 0 Å². The summed E-state index contributed by atoms with van der Waals surface area (Å²) in [7, 11) is 0. The minimum Gasteiger partial charge on any atom is -0.486 e. The molecular formula is C21H22O5. The van der Waals surface area contributed by atoms with Crippen molar-refractivity contribution < 1.29 is 23.8 Å². The van der Waals surface area contributed by atoms with Crippen molar-refractivity contribution in [2.45, 2.75) is 34.3 Å². The molecule has 2 aromatic rings. The third-order valence-corrected chi connectivity index (χ3v) is 4.61. The van der Waals surface area contributed by atoms with Gasteiger partial charge in [-0.2, -0.15) is 0 Å². The van der Waals surface area contributed by atoms with Crippen LogP contribution in [0.5, 0.6) is 11.5 Å². The highest BCUT2D eigenvalue weighted by atomic mass is 16.6. The van der Waals surface area contributed by atoms with Crippen LogP contribution in [0.4, 0.5) is 0 Å². The Kier molecular flexibility index (Phi) is 4.98. The van der Waals surface area contributed by atoms with Crippen LogP contribution in [0.15, 0.2) is 24.3 Å². The molecule has 0 amide bonds. The predicted octanol–water partition coefficient (Wildman–Crippen LogP) is 3.94. The van der Waals surface area contributed by atoms with Crippen molar-refractivity contribution in [3.63, 3.8) is 0 Å². The van der Waals surface area contributed by atoms with Crippen molar-refractivity contribution in [1.82, 2.24) is 0 Å². The summed E-state index contributed by atoms with van der Waals surface area (Å²) in [6, 6.07) is 6.96. The number of ketones is 1. The zero-order valence-corrected chi connectivity index (χ0v) is 15.5. The maximum Gasteiger partial charge on any atom is 0.338 e. The molecule has 0 saturated heterocycles. The van der Waals surface area contributed by atoms with Crippen LogP contribution in [0, 0.1) is 20.8 Å². The third kappa shape index (κ3) is 3.43. The van der Waals surface area contributed by atoms with Crippen LogP contribution in [0.1, 0.15) is 49.9 Å². The summed E-state index contributed by atoms with van der Waals surface area (Å²) in [5, 5.41) is 0. The lowest BCUT2D eigenvalue weighted by atomic mass is 9.92. The number of fused-ring (bicyclic) bond motifs is 1. The Balaban J connectivity index is 1.80. The van der Waals surface area contributed by atoms with Gasteiger partial charge in [-0.1, -0.05) is 6.07 Å². The maximum absolute atomic E-state index is 12.4.